The van der Waals surface area contributed by atoms with Crippen molar-refractivity contribution >= 4 is 75.9 Å². The number of fused-ring (bicyclic) bond motifs is 1. The zero-order chi connectivity index (χ0) is 20.5. The van der Waals surface area contributed by atoms with Crippen LogP contribution in [0.15, 0.2) is 53.4 Å². The van der Waals surface area contributed by atoms with Gasteiger partial charge in [0.25, 0.3) is 11.8 Å². The first kappa shape index (κ1) is 21.3. The second-order valence-electron chi connectivity index (χ2n) is 5.80. The van der Waals surface area contributed by atoms with Crippen LogP contribution in [0.5, 0.6) is 0 Å². The first-order valence-corrected chi connectivity index (χ1v) is 10.3. The minimum Gasteiger partial charge on any atom is -0.338 e. The number of rotatable bonds is 5. The summed E-state index contributed by atoms with van der Waals surface area (Å²) in [4.78, 5) is 38.8. The Morgan fingerprint density at radius 3 is 2.04 bits per heavy atom. The number of nitrogens with zero attached hydrogens (tertiary/aromatic N) is 1. The van der Waals surface area contributed by atoms with Gasteiger partial charge in [-0.05, 0) is 36.4 Å². The number of hydrogen-bond acceptors (Lipinski definition) is 4. The lowest BCUT2D eigenvalue weighted by Crippen LogP contribution is -2.47. The Morgan fingerprint density at radius 1 is 1.00 bits per heavy atom. The van der Waals surface area contributed by atoms with Gasteiger partial charge in [-0.3, -0.25) is 19.3 Å². The van der Waals surface area contributed by atoms with E-state index in [1.54, 1.807) is 36.4 Å². The standard InChI is InChI=1S/C18H12Cl4N2O3S/c19-10-5-7-11(8-6-10)28-17(18(20,21)22)23-14(25)9-24-15(26)12-3-1-2-4-13(12)16(24)27/h1-8,17H,9H2,(H,23,25). The molecule has 1 heterocycles. The Hall–Kier alpha value is -1.44. The number of alkyl halides is 3. The number of halogens is 4. The molecule has 0 fully saturated rings. The molecule has 1 N–H and O–H groups in total. The van der Waals surface area contributed by atoms with Crippen LogP contribution in [-0.2, 0) is 4.79 Å². The average molecular weight is 478 g/mol. The van der Waals surface area contributed by atoms with E-state index in [0.717, 1.165) is 16.7 Å². The summed E-state index contributed by atoms with van der Waals surface area (Å²) in [7, 11) is 0. The van der Waals surface area contributed by atoms with Crippen molar-refractivity contribution in [1.29, 1.82) is 0 Å². The Kier molecular flexibility index (Phi) is 6.47. The normalized spacial score (nSPS) is 14.8. The third-order valence-electron chi connectivity index (χ3n) is 3.84. The fourth-order valence-corrected chi connectivity index (χ4v) is 4.13. The summed E-state index contributed by atoms with van der Waals surface area (Å²) in [5.74, 6) is -1.70. The Bertz CT molecular complexity index is 896. The summed E-state index contributed by atoms with van der Waals surface area (Å²) < 4.78 is -1.83. The number of nitrogens with one attached hydrogen (secondary N) is 1. The summed E-state index contributed by atoms with van der Waals surface area (Å²) in [5, 5.41) is 2.15. The maximum atomic E-state index is 12.5. The van der Waals surface area contributed by atoms with Gasteiger partial charge in [-0.1, -0.05) is 70.3 Å². The van der Waals surface area contributed by atoms with Gasteiger partial charge in [0.15, 0.2) is 0 Å². The topological polar surface area (TPSA) is 66.5 Å². The van der Waals surface area contributed by atoms with Crippen LogP contribution in [0.3, 0.4) is 0 Å². The van der Waals surface area contributed by atoms with Crippen molar-refractivity contribution < 1.29 is 14.4 Å². The van der Waals surface area contributed by atoms with Crippen molar-refractivity contribution in [1.82, 2.24) is 10.2 Å². The Balaban J connectivity index is 1.70. The third kappa shape index (κ3) is 4.75. The highest BCUT2D eigenvalue weighted by molar-refractivity contribution is 8.00. The summed E-state index contributed by atoms with van der Waals surface area (Å²) in [6.07, 6.45) is 0. The molecular weight excluding hydrogens is 466 g/mol. The van der Waals surface area contributed by atoms with Crippen molar-refractivity contribution in [3.05, 3.63) is 64.7 Å². The molecule has 0 spiro atoms. The molecule has 0 bridgehead atoms. The first-order valence-electron chi connectivity index (χ1n) is 7.90. The van der Waals surface area contributed by atoms with E-state index in [1.165, 1.54) is 12.1 Å². The molecule has 146 valence electrons. The number of carbonyl (C=O) groups is 3. The Labute approximate surface area is 185 Å². The molecule has 1 aliphatic rings. The summed E-state index contributed by atoms with van der Waals surface area (Å²) in [5.41, 5.74) is 0.516. The van der Waals surface area contributed by atoms with E-state index < -0.39 is 33.4 Å². The molecule has 0 aromatic heterocycles. The zero-order valence-electron chi connectivity index (χ0n) is 14.0. The number of carbonyl (C=O) groups excluding carboxylic acids is 3. The highest BCUT2D eigenvalue weighted by Gasteiger charge is 2.39. The molecule has 2 aromatic carbocycles. The average Bonchev–Trinajstić information content (AvgIpc) is 2.87. The van der Waals surface area contributed by atoms with E-state index in [0.29, 0.717) is 9.92 Å². The minimum atomic E-state index is -1.83. The number of amides is 3. The molecule has 0 aliphatic carbocycles. The van der Waals surface area contributed by atoms with Gasteiger partial charge in [0, 0.05) is 9.92 Å². The smallest absolute Gasteiger partial charge is 0.262 e. The monoisotopic (exact) mass is 476 g/mol. The number of imide groups is 1. The molecule has 28 heavy (non-hydrogen) atoms. The SMILES string of the molecule is O=C(CN1C(=O)c2ccccc2C1=O)NC(Sc1ccc(Cl)cc1)C(Cl)(Cl)Cl. The molecule has 3 rings (SSSR count). The number of hydrogen-bond donors (Lipinski definition) is 1. The van der Waals surface area contributed by atoms with Crippen LogP contribution in [0.25, 0.3) is 0 Å². The molecule has 0 radical (unpaired) electrons. The number of benzene rings is 2. The van der Waals surface area contributed by atoms with Crippen molar-refractivity contribution in [3.8, 4) is 0 Å². The molecular formula is C18H12Cl4N2O3S. The molecule has 3 amide bonds. The van der Waals surface area contributed by atoms with E-state index in [4.69, 9.17) is 46.4 Å². The predicted octanol–water partition coefficient (Wildman–Crippen LogP) is 4.54. The largest absolute Gasteiger partial charge is 0.338 e. The van der Waals surface area contributed by atoms with Gasteiger partial charge in [0.1, 0.15) is 11.9 Å². The van der Waals surface area contributed by atoms with Crippen LogP contribution in [0, 0.1) is 0 Å². The summed E-state index contributed by atoms with van der Waals surface area (Å²) >= 11 is 24.9. The fourth-order valence-electron chi connectivity index (χ4n) is 2.55. The van der Waals surface area contributed by atoms with Crippen LogP contribution in [0.1, 0.15) is 20.7 Å². The molecule has 0 saturated heterocycles. The van der Waals surface area contributed by atoms with Gasteiger partial charge < -0.3 is 5.32 Å². The van der Waals surface area contributed by atoms with E-state index in [1.807, 2.05) is 0 Å². The Morgan fingerprint density at radius 2 is 1.54 bits per heavy atom. The van der Waals surface area contributed by atoms with Gasteiger partial charge in [-0.2, -0.15) is 0 Å². The maximum Gasteiger partial charge on any atom is 0.262 e. The highest BCUT2D eigenvalue weighted by atomic mass is 35.6. The summed E-state index contributed by atoms with van der Waals surface area (Å²) in [6, 6.07) is 13.1. The molecule has 0 saturated carbocycles. The molecule has 10 heteroatoms. The van der Waals surface area contributed by atoms with Crippen LogP contribution in [0.2, 0.25) is 5.02 Å². The quantitative estimate of drug-likeness (QED) is 0.297. The molecule has 1 aliphatic heterocycles. The molecule has 2 aromatic rings. The van der Waals surface area contributed by atoms with Gasteiger partial charge in [0.2, 0.25) is 9.70 Å². The fraction of sp³-hybridized carbons (Fsp3) is 0.167. The molecule has 1 atom stereocenters. The lowest BCUT2D eigenvalue weighted by Gasteiger charge is -2.26. The predicted molar refractivity (Wildman–Crippen MR) is 111 cm³/mol. The highest BCUT2D eigenvalue weighted by Crippen LogP contribution is 2.39. The van der Waals surface area contributed by atoms with Gasteiger partial charge in [-0.15, -0.1) is 0 Å². The molecule has 5 nitrogen and oxygen atoms in total. The lowest BCUT2D eigenvalue weighted by atomic mass is 10.1. The van der Waals surface area contributed by atoms with Crippen molar-refractivity contribution in [2.24, 2.45) is 0 Å². The van der Waals surface area contributed by atoms with Crippen molar-refractivity contribution in [2.75, 3.05) is 6.54 Å². The van der Waals surface area contributed by atoms with Gasteiger partial charge in [0.05, 0.1) is 11.1 Å². The second kappa shape index (κ2) is 8.51. The van der Waals surface area contributed by atoms with E-state index in [-0.39, 0.29) is 11.1 Å². The van der Waals surface area contributed by atoms with Crippen LogP contribution in [0.4, 0.5) is 0 Å². The summed E-state index contributed by atoms with van der Waals surface area (Å²) in [6.45, 7) is -0.481. The maximum absolute atomic E-state index is 12.5. The van der Waals surface area contributed by atoms with E-state index in [2.05, 4.69) is 5.32 Å². The van der Waals surface area contributed by atoms with Gasteiger partial charge in [-0.25, -0.2) is 0 Å². The third-order valence-corrected chi connectivity index (χ3v) is 6.38. The first-order chi connectivity index (χ1) is 13.2. The van der Waals surface area contributed by atoms with E-state index in [9.17, 15) is 14.4 Å². The van der Waals surface area contributed by atoms with E-state index >= 15 is 0 Å². The van der Waals surface area contributed by atoms with Crippen LogP contribution < -0.4 is 5.32 Å². The van der Waals surface area contributed by atoms with Crippen molar-refractivity contribution in [2.45, 2.75) is 14.1 Å². The molecule has 1 unspecified atom stereocenters. The zero-order valence-corrected chi connectivity index (χ0v) is 17.8. The lowest BCUT2D eigenvalue weighted by molar-refractivity contribution is -0.121. The van der Waals surface area contributed by atoms with Gasteiger partial charge >= 0.3 is 0 Å². The second-order valence-corrected chi connectivity index (χ2v) is 9.79. The van der Waals surface area contributed by atoms with Crippen molar-refractivity contribution in [3.63, 3.8) is 0 Å². The van der Waals surface area contributed by atoms with Crippen LogP contribution >= 0.6 is 58.2 Å². The van der Waals surface area contributed by atoms with Crippen LogP contribution in [-0.4, -0.2) is 38.3 Å². The number of thioether (sulfide) groups is 1. The minimum absolute atomic E-state index is 0.258.